The molecule has 26 heavy (non-hydrogen) atoms. The molecule has 0 spiro atoms. The monoisotopic (exact) mass is 356 g/mol. The molecule has 3 heterocycles. The van der Waals surface area contributed by atoms with Crippen molar-refractivity contribution in [1.82, 2.24) is 4.98 Å². The molecule has 1 amide bonds. The summed E-state index contributed by atoms with van der Waals surface area (Å²) in [5, 5.41) is 0. The Kier molecular flexibility index (Phi) is 4.59. The van der Waals surface area contributed by atoms with Gasteiger partial charge in [0, 0.05) is 30.4 Å². The summed E-state index contributed by atoms with van der Waals surface area (Å²) >= 11 is 0. The predicted molar refractivity (Wildman–Crippen MR) is 95.1 cm³/mol. The van der Waals surface area contributed by atoms with E-state index in [2.05, 4.69) is 4.98 Å². The van der Waals surface area contributed by atoms with Crippen molar-refractivity contribution in [2.75, 3.05) is 18.1 Å². The van der Waals surface area contributed by atoms with Gasteiger partial charge in [0.25, 0.3) is 5.91 Å². The maximum absolute atomic E-state index is 13.5. The molecule has 2 unspecified atom stereocenters. The molecule has 2 atom stereocenters. The number of pyridine rings is 1. The Labute approximate surface area is 151 Å². The largest absolute Gasteiger partial charge is 0.472 e. The molecule has 136 valence electrons. The summed E-state index contributed by atoms with van der Waals surface area (Å²) < 4.78 is 24.5. The number of hydrogen-bond acceptors (Lipinski definition) is 4. The van der Waals surface area contributed by atoms with E-state index < -0.39 is 0 Å². The average Bonchev–Trinajstić information content (AvgIpc) is 3.15. The number of benzene rings is 1. The lowest BCUT2D eigenvalue weighted by molar-refractivity contribution is 0.0974. The maximum Gasteiger partial charge on any atom is 0.260 e. The number of halogens is 1. The molecule has 5 nitrogen and oxygen atoms in total. The number of carbonyl (C=O) groups is 1. The fraction of sp³-hybridized carbons (Fsp3) is 0.400. The van der Waals surface area contributed by atoms with Crippen LogP contribution in [0.2, 0.25) is 0 Å². The number of aryl methyl sites for hydroxylation is 1. The van der Waals surface area contributed by atoms with Gasteiger partial charge in [-0.05, 0) is 49.6 Å². The molecule has 0 saturated carbocycles. The quantitative estimate of drug-likeness (QED) is 0.846. The van der Waals surface area contributed by atoms with E-state index in [-0.39, 0.29) is 23.9 Å². The van der Waals surface area contributed by atoms with Crippen LogP contribution in [-0.2, 0) is 11.2 Å². The van der Waals surface area contributed by atoms with Crippen molar-refractivity contribution in [3.8, 4) is 5.88 Å². The molecular weight excluding hydrogens is 335 g/mol. The molecule has 0 N–H and O–H groups in total. The first-order valence-electron chi connectivity index (χ1n) is 8.94. The second-order valence-corrected chi connectivity index (χ2v) is 6.82. The van der Waals surface area contributed by atoms with Crippen molar-refractivity contribution in [3.63, 3.8) is 0 Å². The molecule has 0 bridgehead atoms. The summed E-state index contributed by atoms with van der Waals surface area (Å²) in [4.78, 5) is 19.0. The lowest BCUT2D eigenvalue weighted by atomic mass is 9.95. The number of amides is 1. The number of nitrogens with zero attached hydrogens (tertiary/aromatic N) is 2. The van der Waals surface area contributed by atoms with Crippen molar-refractivity contribution in [1.29, 1.82) is 0 Å². The third-order valence-electron chi connectivity index (χ3n) is 4.95. The van der Waals surface area contributed by atoms with Crippen LogP contribution >= 0.6 is 0 Å². The zero-order valence-corrected chi connectivity index (χ0v) is 14.7. The molecule has 1 fully saturated rings. The first-order chi connectivity index (χ1) is 12.6. The van der Waals surface area contributed by atoms with Gasteiger partial charge < -0.3 is 14.4 Å². The van der Waals surface area contributed by atoms with E-state index in [0.717, 1.165) is 30.5 Å². The van der Waals surface area contributed by atoms with Gasteiger partial charge in [-0.1, -0.05) is 0 Å². The molecule has 2 aliphatic heterocycles. The topological polar surface area (TPSA) is 51.7 Å². The Morgan fingerprint density at radius 1 is 1.31 bits per heavy atom. The van der Waals surface area contributed by atoms with Crippen LogP contribution in [0.5, 0.6) is 5.88 Å². The van der Waals surface area contributed by atoms with Gasteiger partial charge in [-0.15, -0.1) is 0 Å². The van der Waals surface area contributed by atoms with Crippen LogP contribution in [0.1, 0.15) is 35.7 Å². The summed E-state index contributed by atoms with van der Waals surface area (Å²) in [6, 6.07) is 8.09. The van der Waals surface area contributed by atoms with Crippen LogP contribution in [0, 0.1) is 5.82 Å². The zero-order chi connectivity index (χ0) is 18.1. The van der Waals surface area contributed by atoms with Crippen LogP contribution in [0.3, 0.4) is 0 Å². The van der Waals surface area contributed by atoms with Crippen molar-refractivity contribution < 1.29 is 18.7 Å². The van der Waals surface area contributed by atoms with Gasteiger partial charge in [0.15, 0.2) is 0 Å². The first kappa shape index (κ1) is 17.0. The van der Waals surface area contributed by atoms with E-state index in [1.165, 1.54) is 18.3 Å². The Balaban J connectivity index is 1.55. The molecule has 1 aromatic heterocycles. The summed E-state index contributed by atoms with van der Waals surface area (Å²) in [6.45, 7) is 3.28. The molecule has 1 aromatic carbocycles. The van der Waals surface area contributed by atoms with Gasteiger partial charge in [-0.3, -0.25) is 4.79 Å². The number of anilines is 1. The predicted octanol–water partition coefficient (Wildman–Crippen LogP) is 3.37. The third kappa shape index (κ3) is 3.29. The van der Waals surface area contributed by atoms with Gasteiger partial charge in [0.2, 0.25) is 5.88 Å². The summed E-state index contributed by atoms with van der Waals surface area (Å²) in [5.41, 5.74) is 2.13. The smallest absolute Gasteiger partial charge is 0.260 e. The van der Waals surface area contributed by atoms with E-state index in [1.54, 1.807) is 23.1 Å². The van der Waals surface area contributed by atoms with Crippen LogP contribution in [0.25, 0.3) is 0 Å². The van der Waals surface area contributed by atoms with Crippen molar-refractivity contribution in [2.24, 2.45) is 0 Å². The van der Waals surface area contributed by atoms with E-state index in [0.29, 0.717) is 24.7 Å². The fourth-order valence-corrected chi connectivity index (χ4v) is 3.52. The molecular formula is C20H21FN2O3. The molecule has 6 heteroatoms. The Bertz CT molecular complexity index is 803. The standard InChI is InChI=1S/C20H21FN2O3/c1-13-2-3-14-10-16(21)5-6-18(14)23(13)20(24)15-4-7-19(22-11-15)26-17-8-9-25-12-17/h4-7,10-11,13,17H,2-3,8-9,12H2,1H3. The summed E-state index contributed by atoms with van der Waals surface area (Å²) in [5.74, 6) is 0.0873. The lowest BCUT2D eigenvalue weighted by Gasteiger charge is -2.35. The molecule has 4 rings (SSSR count). The van der Waals surface area contributed by atoms with E-state index in [1.807, 2.05) is 6.92 Å². The molecule has 0 radical (unpaired) electrons. The van der Waals surface area contributed by atoms with E-state index in [4.69, 9.17) is 9.47 Å². The van der Waals surface area contributed by atoms with Crippen LogP contribution in [0.4, 0.5) is 10.1 Å². The number of fused-ring (bicyclic) bond motifs is 1. The van der Waals surface area contributed by atoms with Gasteiger partial charge >= 0.3 is 0 Å². The van der Waals surface area contributed by atoms with Crippen molar-refractivity contribution in [3.05, 3.63) is 53.5 Å². The highest BCUT2D eigenvalue weighted by Crippen LogP contribution is 2.32. The van der Waals surface area contributed by atoms with E-state index >= 15 is 0 Å². The number of aromatic nitrogens is 1. The summed E-state index contributed by atoms with van der Waals surface area (Å²) in [7, 11) is 0. The summed E-state index contributed by atoms with van der Waals surface area (Å²) in [6.07, 6.45) is 3.98. The molecule has 2 aromatic rings. The average molecular weight is 356 g/mol. The SMILES string of the molecule is CC1CCc2cc(F)ccc2N1C(=O)c1ccc(OC2CCOC2)nc1. The third-order valence-corrected chi connectivity index (χ3v) is 4.95. The minimum absolute atomic E-state index is 0.0212. The minimum atomic E-state index is -0.273. The number of rotatable bonds is 3. The Morgan fingerprint density at radius 2 is 2.19 bits per heavy atom. The van der Waals surface area contributed by atoms with Crippen molar-refractivity contribution >= 4 is 11.6 Å². The second kappa shape index (κ2) is 7.03. The first-order valence-corrected chi connectivity index (χ1v) is 8.94. The molecule has 1 saturated heterocycles. The highest BCUT2D eigenvalue weighted by Gasteiger charge is 2.29. The van der Waals surface area contributed by atoms with Gasteiger partial charge in [-0.25, -0.2) is 9.37 Å². The minimum Gasteiger partial charge on any atom is -0.472 e. The molecule has 0 aliphatic carbocycles. The Hall–Kier alpha value is -2.47. The normalized spacial score (nSPS) is 22.2. The number of carbonyl (C=O) groups excluding carboxylic acids is 1. The maximum atomic E-state index is 13.5. The second-order valence-electron chi connectivity index (χ2n) is 6.82. The van der Waals surface area contributed by atoms with Gasteiger partial charge in [-0.2, -0.15) is 0 Å². The number of ether oxygens (including phenoxy) is 2. The van der Waals surface area contributed by atoms with Crippen LogP contribution in [0.15, 0.2) is 36.5 Å². The highest BCUT2D eigenvalue weighted by atomic mass is 19.1. The fourth-order valence-electron chi connectivity index (χ4n) is 3.52. The zero-order valence-electron chi connectivity index (χ0n) is 14.7. The van der Waals surface area contributed by atoms with Crippen LogP contribution in [-0.4, -0.2) is 36.3 Å². The van der Waals surface area contributed by atoms with Gasteiger partial charge in [0.05, 0.1) is 18.8 Å². The lowest BCUT2D eigenvalue weighted by Crippen LogP contribution is -2.42. The van der Waals surface area contributed by atoms with E-state index in [9.17, 15) is 9.18 Å². The molecule has 2 aliphatic rings. The van der Waals surface area contributed by atoms with Crippen LogP contribution < -0.4 is 9.64 Å². The van der Waals surface area contributed by atoms with Crippen molar-refractivity contribution in [2.45, 2.75) is 38.3 Å². The van der Waals surface area contributed by atoms with Gasteiger partial charge in [0.1, 0.15) is 11.9 Å². The highest BCUT2D eigenvalue weighted by molar-refractivity contribution is 6.07. The number of hydrogen-bond donors (Lipinski definition) is 0. The Morgan fingerprint density at radius 3 is 2.92 bits per heavy atom.